The molecule has 0 saturated carbocycles. The molecule has 0 aliphatic heterocycles. The Morgan fingerprint density at radius 3 is 0.308 bits per heavy atom. The molecule has 0 heterocycles. The summed E-state index contributed by atoms with van der Waals surface area (Å²) in [6.07, 6.45) is 0. The fourth-order valence-corrected chi connectivity index (χ4v) is 0. The van der Waals surface area contributed by atoms with Crippen molar-refractivity contribution in [3.63, 3.8) is 0 Å². The Morgan fingerprint density at radius 1 is 0.308 bits per heavy atom. The molecular weight excluding hydrogens is 335 g/mol. The second kappa shape index (κ2) is 146. The molecule has 0 aliphatic rings. The SMILES string of the molecule is [K+].[K+].[Mg+2].[Mg+2].[O-2].[O-2].[O-2].[O-2].[O-2].[O-2].[O-2].[Ti+4].[Ti+4]. The molecule has 0 atom stereocenters. The van der Waals surface area contributed by atoms with Crippen LogP contribution in [0.2, 0.25) is 0 Å². The molecule has 0 aliphatic carbocycles. The normalized spacial score (nSPS) is 0. The third kappa shape index (κ3) is 129. The van der Waals surface area contributed by atoms with Gasteiger partial charge in [0.1, 0.15) is 0 Å². The van der Waals surface area contributed by atoms with Gasteiger partial charge in [-0.25, -0.2) is 0 Å². The van der Waals surface area contributed by atoms with Crippen molar-refractivity contribution in [2.24, 2.45) is 0 Å². The third-order valence-electron chi connectivity index (χ3n) is 0. The Balaban J connectivity index is 0. The van der Waals surface area contributed by atoms with Crippen LogP contribution in [0, 0.1) is 0 Å². The summed E-state index contributed by atoms with van der Waals surface area (Å²) < 4.78 is 0. The molecule has 0 spiro atoms. The van der Waals surface area contributed by atoms with E-state index in [2.05, 4.69) is 0 Å². The zero-order chi connectivity index (χ0) is 0. The van der Waals surface area contributed by atoms with E-state index in [0.717, 1.165) is 0 Å². The predicted octanol–water partition coefficient (Wildman–Crippen LogP) is -7.59. The first-order valence-corrected chi connectivity index (χ1v) is 0. The first-order valence-electron chi connectivity index (χ1n) is 0. The van der Waals surface area contributed by atoms with Crippen LogP contribution in [-0.4, -0.2) is 46.1 Å². The Bertz CT molecular complexity index is 22.5. The van der Waals surface area contributed by atoms with Gasteiger partial charge in [-0.15, -0.1) is 0 Å². The summed E-state index contributed by atoms with van der Waals surface area (Å²) in [5.41, 5.74) is 0. The Morgan fingerprint density at radius 2 is 0.308 bits per heavy atom. The van der Waals surface area contributed by atoms with E-state index >= 15 is 0 Å². The van der Waals surface area contributed by atoms with Crippen molar-refractivity contribution in [3.8, 4) is 0 Å². The number of rotatable bonds is 0. The summed E-state index contributed by atoms with van der Waals surface area (Å²) in [5, 5.41) is 0. The average Bonchev–Trinajstić information content (AvgIpc) is 0. The smallest absolute Gasteiger partial charge is 2.00 e. The minimum absolute atomic E-state index is 0. The van der Waals surface area contributed by atoms with Crippen LogP contribution in [-0.2, 0) is 81.8 Å². The molecule has 13 heavy (non-hydrogen) atoms. The molecule has 13 heteroatoms. The van der Waals surface area contributed by atoms with Crippen molar-refractivity contribution < 1.29 is 185 Å². The van der Waals surface area contributed by atoms with E-state index in [4.69, 9.17) is 0 Å². The molecule has 0 radical (unpaired) electrons. The second-order valence-corrected chi connectivity index (χ2v) is 0. The van der Waals surface area contributed by atoms with Crippen molar-refractivity contribution in [2.75, 3.05) is 0 Å². The quantitative estimate of drug-likeness (QED) is 0.379. The topological polar surface area (TPSA) is 200 Å². The van der Waals surface area contributed by atoms with Gasteiger partial charge < -0.3 is 38.3 Å². The van der Waals surface area contributed by atoms with Gasteiger partial charge in [0, 0.05) is 0 Å². The molecule has 0 rings (SSSR count). The van der Waals surface area contributed by atoms with Gasteiger partial charge in [0.05, 0.1) is 0 Å². The second-order valence-electron chi connectivity index (χ2n) is 0. The first-order chi connectivity index (χ1) is 0. The number of hydrogen-bond donors (Lipinski definition) is 0. The number of hydrogen-bond acceptors (Lipinski definition) is 0. The van der Waals surface area contributed by atoms with Crippen molar-refractivity contribution in [1.29, 1.82) is 0 Å². The van der Waals surface area contributed by atoms with Gasteiger partial charge in [0.2, 0.25) is 0 Å². The van der Waals surface area contributed by atoms with Gasteiger partial charge in [0.15, 0.2) is 0 Å². The molecule has 7 nitrogen and oxygen atoms in total. The van der Waals surface area contributed by atoms with Gasteiger partial charge in [-0.2, -0.15) is 0 Å². The van der Waals surface area contributed by atoms with Crippen LogP contribution in [0.1, 0.15) is 0 Å². The summed E-state index contributed by atoms with van der Waals surface area (Å²) >= 11 is 0. The summed E-state index contributed by atoms with van der Waals surface area (Å²) in [6.45, 7) is 0. The maximum absolute atomic E-state index is 0. The molecule has 0 unspecified atom stereocenters. The van der Waals surface area contributed by atoms with E-state index in [0.29, 0.717) is 0 Å². The van der Waals surface area contributed by atoms with Gasteiger partial charge in [0.25, 0.3) is 0 Å². The molecule has 0 saturated heterocycles. The Kier molecular flexibility index (Phi) is 1930. The van der Waals surface area contributed by atoms with Crippen LogP contribution < -0.4 is 103 Å². The molecule has 56 valence electrons. The van der Waals surface area contributed by atoms with Crippen LogP contribution in [0.15, 0.2) is 0 Å². The zero-order valence-corrected chi connectivity index (χ0v) is 19.5. The van der Waals surface area contributed by atoms with Crippen molar-refractivity contribution in [1.82, 2.24) is 0 Å². The molecule has 0 bridgehead atoms. The molecule has 0 fully saturated rings. The maximum atomic E-state index is 0. The monoisotopic (exact) mass is 334 g/mol. The van der Waals surface area contributed by atoms with E-state index in [-0.39, 0.29) is 231 Å². The Hall–Kier alpha value is 5.95. The van der Waals surface area contributed by atoms with Crippen LogP contribution in [0.25, 0.3) is 0 Å². The Labute approximate surface area is 224 Å². The van der Waals surface area contributed by atoms with Gasteiger partial charge in [-0.05, 0) is 0 Å². The average molecular weight is 335 g/mol. The summed E-state index contributed by atoms with van der Waals surface area (Å²) in [6, 6.07) is 0. The van der Waals surface area contributed by atoms with Crippen molar-refractivity contribution >= 4 is 46.1 Å². The van der Waals surface area contributed by atoms with E-state index in [1.165, 1.54) is 0 Å². The molecule has 0 aromatic heterocycles. The summed E-state index contributed by atoms with van der Waals surface area (Å²) in [4.78, 5) is 0. The van der Waals surface area contributed by atoms with E-state index in [9.17, 15) is 0 Å². The van der Waals surface area contributed by atoms with Crippen LogP contribution in [0.4, 0.5) is 0 Å². The molecule has 0 aromatic rings. The van der Waals surface area contributed by atoms with Crippen LogP contribution >= 0.6 is 0 Å². The van der Waals surface area contributed by atoms with Gasteiger partial charge in [-0.1, -0.05) is 0 Å². The third-order valence-corrected chi connectivity index (χ3v) is 0. The fourth-order valence-electron chi connectivity index (χ4n) is 0. The minimum Gasteiger partial charge on any atom is -2.00 e. The molecular formula is K2Mg2O7Ti2. The summed E-state index contributed by atoms with van der Waals surface area (Å²) in [7, 11) is 0. The minimum atomic E-state index is 0. The largest absolute Gasteiger partial charge is 4.00 e. The zero-order valence-electron chi connectivity index (χ0n) is 7.27. The predicted molar refractivity (Wildman–Crippen MR) is 16.3 cm³/mol. The van der Waals surface area contributed by atoms with E-state index in [1.807, 2.05) is 0 Å². The molecule has 0 aromatic carbocycles. The van der Waals surface area contributed by atoms with Gasteiger partial charge >= 0.3 is 192 Å². The van der Waals surface area contributed by atoms with E-state index < -0.39 is 0 Å². The van der Waals surface area contributed by atoms with E-state index in [1.54, 1.807) is 0 Å². The van der Waals surface area contributed by atoms with Crippen molar-refractivity contribution in [3.05, 3.63) is 0 Å². The molecule has 0 amide bonds. The fraction of sp³-hybridized carbons (Fsp3) is 0. The maximum Gasteiger partial charge on any atom is 4.00 e. The van der Waals surface area contributed by atoms with Crippen LogP contribution in [0.5, 0.6) is 0 Å². The standard InChI is InChI=1S/2K.2Mg.7O.2Ti/q2*+1;2*+2;7*-2;2*+4. The summed E-state index contributed by atoms with van der Waals surface area (Å²) in [5.74, 6) is 0. The van der Waals surface area contributed by atoms with Crippen LogP contribution in [0.3, 0.4) is 0 Å². The molecule has 0 N–H and O–H groups in total. The first kappa shape index (κ1) is 172. The van der Waals surface area contributed by atoms with Gasteiger partial charge in [-0.3, -0.25) is 0 Å². The van der Waals surface area contributed by atoms with Crippen molar-refractivity contribution in [2.45, 2.75) is 0 Å².